The van der Waals surface area contributed by atoms with Crippen molar-refractivity contribution in [1.29, 1.82) is 0 Å². The van der Waals surface area contributed by atoms with Crippen LogP contribution < -0.4 is 0 Å². The van der Waals surface area contributed by atoms with E-state index >= 15 is 0 Å². The molecule has 3 aliphatic carbocycles. The summed E-state index contributed by atoms with van der Waals surface area (Å²) >= 11 is 0. The molecule has 4 unspecified atom stereocenters. The van der Waals surface area contributed by atoms with E-state index in [4.69, 9.17) is 19.4 Å². The van der Waals surface area contributed by atoms with E-state index in [0.717, 1.165) is 44.6 Å². The van der Waals surface area contributed by atoms with Gasteiger partial charge in [0.25, 0.3) is 0 Å². The molecule has 4 atom stereocenters. The van der Waals surface area contributed by atoms with Gasteiger partial charge < -0.3 is 8.98 Å². The molecule has 0 saturated carbocycles. The molecule has 5 heteroatoms. The van der Waals surface area contributed by atoms with Gasteiger partial charge in [0.05, 0.1) is 22.2 Å². The zero-order chi connectivity index (χ0) is 37.1. The zero-order valence-electron chi connectivity index (χ0n) is 31.9. The molecule has 0 N–H and O–H groups in total. The summed E-state index contributed by atoms with van der Waals surface area (Å²) in [5, 5.41) is 3.47. The van der Waals surface area contributed by atoms with E-state index in [1.54, 1.807) is 0 Å². The van der Waals surface area contributed by atoms with Gasteiger partial charge in [-0.05, 0) is 70.5 Å². The van der Waals surface area contributed by atoms with Gasteiger partial charge in [0.2, 0.25) is 0 Å². The number of furan rings is 1. The standard InChI is InChI=1S/C50H40N4O/c1-26-22-23-50(6)42-28(3)43-41(27(2)40(26)42)35-24-34-30-16-10-11-20-36(30)49(4,5)37(34)25-39(35)54(43)38-21-13-18-32-31-17-12-19-33(44(31)55-45(32)38)47-51-46(52-48(50)53-47)29-14-8-7-9-15-29/h7-28H,1-6H3. The number of rotatable bonds is 1. The van der Waals surface area contributed by atoms with Gasteiger partial charge in [-0.15, -0.1) is 0 Å². The maximum Gasteiger partial charge on any atom is 0.167 e. The van der Waals surface area contributed by atoms with Crippen molar-refractivity contribution in [3.63, 3.8) is 0 Å². The second-order valence-electron chi connectivity index (χ2n) is 17.0. The van der Waals surface area contributed by atoms with Crippen LogP contribution in [0.15, 0.2) is 131 Å². The number of aromatic nitrogens is 4. The summed E-state index contributed by atoms with van der Waals surface area (Å²) in [6.45, 7) is 14.3. The van der Waals surface area contributed by atoms with Crippen molar-refractivity contribution >= 4 is 32.8 Å². The van der Waals surface area contributed by atoms with Crippen LogP contribution in [0.4, 0.5) is 0 Å². The lowest BCUT2D eigenvalue weighted by Crippen LogP contribution is -2.37. The van der Waals surface area contributed by atoms with Crippen molar-refractivity contribution < 1.29 is 4.42 Å². The summed E-state index contributed by atoms with van der Waals surface area (Å²) in [5.74, 6) is 2.53. The average Bonchev–Trinajstić information content (AvgIpc) is 3.83. The third-order valence-corrected chi connectivity index (χ3v) is 13.7. The predicted molar refractivity (Wildman–Crippen MR) is 222 cm³/mol. The Labute approximate surface area is 320 Å². The third-order valence-electron chi connectivity index (χ3n) is 13.7. The van der Waals surface area contributed by atoms with Crippen LogP contribution in [0.2, 0.25) is 0 Å². The lowest BCUT2D eigenvalue weighted by atomic mass is 9.60. The molecular formula is C50H40N4O. The molecule has 0 saturated heterocycles. The van der Waals surface area contributed by atoms with Gasteiger partial charge in [-0.1, -0.05) is 131 Å². The molecule has 0 amide bonds. The molecule has 0 radical (unpaired) electrons. The molecule has 5 nitrogen and oxygen atoms in total. The minimum Gasteiger partial charge on any atom is -0.453 e. The average molecular weight is 713 g/mol. The number of allylic oxidation sites excluding steroid dienone is 4. The Bertz CT molecular complexity index is 3080. The summed E-state index contributed by atoms with van der Waals surface area (Å²) in [4.78, 5) is 16.0. The van der Waals surface area contributed by atoms with Crippen molar-refractivity contribution in [2.45, 2.75) is 64.2 Å². The number of fused-ring (bicyclic) bond motifs is 12. The second-order valence-corrected chi connectivity index (χ2v) is 17.0. The van der Waals surface area contributed by atoms with Gasteiger partial charge in [-0.3, -0.25) is 0 Å². The van der Waals surface area contributed by atoms with Crippen molar-refractivity contribution in [2.75, 3.05) is 0 Å². The first-order valence-electron chi connectivity index (χ1n) is 19.7. The molecule has 0 fully saturated rings. The minimum absolute atomic E-state index is 0.0502. The van der Waals surface area contributed by atoms with Gasteiger partial charge in [0, 0.05) is 44.7 Å². The van der Waals surface area contributed by atoms with E-state index in [2.05, 4.69) is 143 Å². The molecular weight excluding hydrogens is 673 g/mol. The molecule has 1 aliphatic heterocycles. The highest BCUT2D eigenvalue weighted by Crippen LogP contribution is 2.59. The number of hydrogen-bond acceptors (Lipinski definition) is 4. The molecule has 55 heavy (non-hydrogen) atoms. The molecule has 8 aromatic rings. The summed E-state index contributed by atoms with van der Waals surface area (Å²) in [6, 6.07) is 37.3. The van der Waals surface area contributed by atoms with Crippen molar-refractivity contribution in [3.05, 3.63) is 155 Å². The fourth-order valence-corrected chi connectivity index (χ4v) is 11.2. The SMILES string of the molecule is CC1C=CC2(C)C3=C1C(C)c1c(n(c4cc5c(cc14)-c1ccccc1C5(C)C)-c1cccc4c1oc1c(cccc14)-c1nc(-c4ccccc4)nc2n1)C3C. The third kappa shape index (κ3) is 3.81. The van der Waals surface area contributed by atoms with Gasteiger partial charge in [0.15, 0.2) is 17.2 Å². The van der Waals surface area contributed by atoms with Crippen LogP contribution in [-0.4, -0.2) is 19.5 Å². The lowest BCUT2D eigenvalue weighted by molar-refractivity contribution is 0.512. The van der Waals surface area contributed by atoms with Gasteiger partial charge >= 0.3 is 0 Å². The van der Waals surface area contributed by atoms with E-state index in [1.165, 1.54) is 55.6 Å². The van der Waals surface area contributed by atoms with Gasteiger partial charge in [-0.25, -0.2) is 15.0 Å². The van der Waals surface area contributed by atoms with Crippen molar-refractivity contribution in [1.82, 2.24) is 19.5 Å². The first-order chi connectivity index (χ1) is 26.6. The smallest absolute Gasteiger partial charge is 0.167 e. The Morgan fingerprint density at radius 1 is 0.636 bits per heavy atom. The van der Waals surface area contributed by atoms with Gasteiger partial charge in [-0.2, -0.15) is 0 Å². The van der Waals surface area contributed by atoms with Crippen LogP contribution in [-0.2, 0) is 10.8 Å². The fourth-order valence-electron chi connectivity index (χ4n) is 11.2. The molecule has 5 aromatic carbocycles. The first-order valence-corrected chi connectivity index (χ1v) is 19.7. The molecule has 4 heterocycles. The Kier molecular flexibility index (Phi) is 5.90. The van der Waals surface area contributed by atoms with Crippen LogP contribution in [0.1, 0.15) is 81.6 Å². The lowest BCUT2D eigenvalue weighted by Gasteiger charge is -2.44. The highest BCUT2D eigenvalue weighted by molar-refractivity contribution is 6.12. The zero-order valence-corrected chi connectivity index (χ0v) is 31.9. The van der Waals surface area contributed by atoms with Crippen LogP contribution >= 0.6 is 0 Å². The second kappa shape index (κ2) is 10.4. The van der Waals surface area contributed by atoms with Crippen LogP contribution in [0.25, 0.3) is 72.4 Å². The topological polar surface area (TPSA) is 56.7 Å². The number of benzene rings is 5. The van der Waals surface area contributed by atoms with Crippen LogP contribution in [0, 0.1) is 5.92 Å². The number of hydrogen-bond donors (Lipinski definition) is 0. The molecule has 3 aromatic heterocycles. The van der Waals surface area contributed by atoms with E-state index in [0.29, 0.717) is 11.6 Å². The highest BCUT2D eigenvalue weighted by atomic mass is 16.3. The summed E-state index contributed by atoms with van der Waals surface area (Å²) < 4.78 is 9.73. The van der Waals surface area contributed by atoms with Crippen molar-refractivity contribution in [3.8, 4) is 39.6 Å². The largest absolute Gasteiger partial charge is 0.453 e. The monoisotopic (exact) mass is 712 g/mol. The minimum atomic E-state index is -0.583. The van der Waals surface area contributed by atoms with E-state index < -0.39 is 5.41 Å². The fraction of sp³-hybridized carbons (Fsp3) is 0.220. The Morgan fingerprint density at radius 3 is 2.20 bits per heavy atom. The molecule has 4 aliphatic rings. The van der Waals surface area contributed by atoms with Crippen molar-refractivity contribution in [2.24, 2.45) is 5.92 Å². The maximum absolute atomic E-state index is 7.16. The molecule has 6 bridgehead atoms. The summed E-state index contributed by atoms with van der Waals surface area (Å²) in [5.41, 5.74) is 16.2. The van der Waals surface area contributed by atoms with E-state index in [1.807, 2.05) is 18.2 Å². The Hall–Kier alpha value is -6.07. The van der Waals surface area contributed by atoms with Crippen LogP contribution in [0.5, 0.6) is 0 Å². The molecule has 12 rings (SSSR count). The highest BCUT2D eigenvalue weighted by Gasteiger charge is 2.48. The normalized spacial score (nSPS) is 22.6. The summed E-state index contributed by atoms with van der Waals surface area (Å²) in [6.07, 6.45) is 4.78. The molecule has 0 spiro atoms. The quantitative estimate of drug-likeness (QED) is 0.159. The first kappa shape index (κ1) is 31.3. The number of para-hydroxylation sites is 2. The van der Waals surface area contributed by atoms with E-state index in [-0.39, 0.29) is 23.2 Å². The Morgan fingerprint density at radius 2 is 1.36 bits per heavy atom. The maximum atomic E-state index is 7.16. The summed E-state index contributed by atoms with van der Waals surface area (Å²) in [7, 11) is 0. The van der Waals surface area contributed by atoms with Gasteiger partial charge in [0.1, 0.15) is 11.4 Å². The predicted octanol–water partition coefficient (Wildman–Crippen LogP) is 12.3. The van der Waals surface area contributed by atoms with E-state index in [9.17, 15) is 0 Å². The Balaban J connectivity index is 1.27. The molecule has 266 valence electrons. The van der Waals surface area contributed by atoms with Crippen LogP contribution in [0.3, 0.4) is 0 Å². The number of nitrogens with zero attached hydrogens (tertiary/aromatic N) is 4.